The summed E-state index contributed by atoms with van der Waals surface area (Å²) < 4.78 is 0. The van der Waals surface area contributed by atoms with Crippen LogP contribution in [-0.4, -0.2) is 31.9 Å². The van der Waals surface area contributed by atoms with Gasteiger partial charge in [-0.2, -0.15) is 0 Å². The SMILES string of the molecule is CCCC1C(C)C(C)C2CCCCCC12.CCCC1C(C)C(C)C2CCCCCCC12.CCCC1C(C)C2CCCCCC2C1C.CCCC1C(C)C2CCCCCCC2C1C.CI(C)I.C[I-]I.[B]I([B])I.[B][I-]I. The van der Waals surface area contributed by atoms with E-state index in [0.717, 1.165) is 118 Å². The number of fused-ring (bicyclic) bond motifs is 4. The molecule has 8 aliphatic carbocycles. The Balaban J connectivity index is 0.000000467. The van der Waals surface area contributed by atoms with E-state index in [1.54, 1.807) is 12.8 Å². The van der Waals surface area contributed by atoms with Crippen molar-refractivity contribution in [3.63, 3.8) is 0 Å². The molecule has 0 aromatic rings. The molecule has 8 aliphatic rings. The van der Waals surface area contributed by atoms with Crippen molar-refractivity contribution in [1.29, 1.82) is 0 Å². The van der Waals surface area contributed by atoms with E-state index >= 15 is 0 Å². The third-order valence-corrected chi connectivity index (χ3v) is 22.4. The zero-order valence-electron chi connectivity index (χ0n) is 52.5. The maximum atomic E-state index is 5.03. The Morgan fingerprint density at radius 1 is 0.355 bits per heavy atom. The van der Waals surface area contributed by atoms with Gasteiger partial charge in [0.05, 0.1) is 0 Å². The van der Waals surface area contributed by atoms with Crippen LogP contribution in [-0.2, 0) is 0 Å². The van der Waals surface area contributed by atoms with Gasteiger partial charge in [0, 0.05) is 0 Å². The van der Waals surface area contributed by atoms with Gasteiger partial charge in [0.1, 0.15) is 0 Å². The summed E-state index contributed by atoms with van der Waals surface area (Å²) in [5.74, 6) is 20.9. The number of hydrogen-bond donors (Lipinski definition) is 0. The molecule has 0 aliphatic heterocycles. The van der Waals surface area contributed by atoms with Crippen molar-refractivity contribution in [3.05, 3.63) is 0 Å². The van der Waals surface area contributed by atoms with Gasteiger partial charge in [0.15, 0.2) is 0 Å². The summed E-state index contributed by atoms with van der Waals surface area (Å²) in [5, 5.41) is 0. The van der Waals surface area contributed by atoms with Crippen molar-refractivity contribution in [3.8, 4) is 0 Å². The van der Waals surface area contributed by atoms with Crippen LogP contribution in [0, 0.1) is 118 Å². The molecule has 8 fully saturated rings. The molecule has 8 rings (SSSR count). The number of hydrogen-bond acceptors (Lipinski definition) is 0. The van der Waals surface area contributed by atoms with Gasteiger partial charge < -0.3 is 0 Å². The molecule has 0 spiro atoms. The van der Waals surface area contributed by atoms with Crippen LogP contribution in [0.15, 0.2) is 0 Å². The van der Waals surface area contributed by atoms with Gasteiger partial charge in [-0.3, -0.25) is 0 Å². The van der Waals surface area contributed by atoms with E-state index in [4.69, 9.17) is 17.1 Å². The Hall–Kier alpha value is 6.03. The summed E-state index contributed by atoms with van der Waals surface area (Å²) in [6.07, 6.45) is 45.0. The molecule has 0 saturated heterocycles. The molecule has 6 radical (unpaired) electrons. The summed E-state index contributed by atoms with van der Waals surface area (Å²) in [7, 11) is 0. The molecule has 0 heterocycles. The fourth-order valence-corrected chi connectivity index (χ4v) is 18.7. The van der Waals surface area contributed by atoms with Crippen LogP contribution in [0.1, 0.15) is 276 Å². The van der Waals surface area contributed by atoms with Gasteiger partial charge in [-0.1, -0.05) is 224 Å². The Labute approximate surface area is 557 Å². The predicted octanol–water partition coefficient (Wildman–Crippen LogP) is 19.0. The summed E-state index contributed by atoms with van der Waals surface area (Å²) in [4.78, 5) is 6.84. The first kappa shape index (κ1) is 80.0. The average molecular weight is 1950 g/mol. The summed E-state index contributed by atoms with van der Waals surface area (Å²) in [5.41, 5.74) is 15.0. The molecule has 0 N–H and O–H groups in total. The second-order valence-corrected chi connectivity index (χ2v) is 59.1. The topological polar surface area (TPSA) is 0 Å². The molecule has 18 unspecified atom stereocenters. The predicted molar refractivity (Wildman–Crippen MR) is 396 cm³/mol. The zero-order chi connectivity index (χ0) is 57.3. The normalized spacial score (nSPS) is 38.8. The number of alkyl halides is 3. The van der Waals surface area contributed by atoms with Crippen LogP contribution >= 0.6 is 106 Å². The summed E-state index contributed by atoms with van der Waals surface area (Å²) >= 11 is 8.16. The quantitative estimate of drug-likeness (QED) is 0.129. The Kier molecular flexibility index (Phi) is 50.5. The Morgan fingerprint density at radius 2 is 0.513 bits per heavy atom. The van der Waals surface area contributed by atoms with E-state index in [1.807, 2.05) is 0 Å². The molecule has 0 amide bonds. The monoisotopic (exact) mass is 1950 g/mol. The van der Waals surface area contributed by atoms with Crippen molar-refractivity contribution < 1.29 is 34.2 Å². The molecule has 0 aromatic carbocycles. The van der Waals surface area contributed by atoms with E-state index in [1.165, 1.54) is 180 Å². The molecule has 0 aromatic heterocycles. The first-order valence-electron chi connectivity index (χ1n) is 32.4. The fourth-order valence-electron chi connectivity index (χ4n) is 18.7. The Bertz CT molecular complexity index is 1280. The van der Waals surface area contributed by atoms with E-state index in [2.05, 4.69) is 172 Å². The van der Waals surface area contributed by atoms with Crippen molar-refractivity contribution in [2.75, 3.05) is 14.8 Å². The third-order valence-electron chi connectivity index (χ3n) is 22.4. The van der Waals surface area contributed by atoms with Crippen molar-refractivity contribution >= 4 is 123 Å². The molecule has 11 heteroatoms. The molecular formula is C65H125B3I8-2. The third kappa shape index (κ3) is 28.7. The number of rotatable bonds is 8. The Morgan fingerprint density at radius 3 is 0.711 bits per heavy atom. The maximum absolute atomic E-state index is 5.03. The molecular weight excluding hydrogens is 1830 g/mol. The van der Waals surface area contributed by atoms with Crippen molar-refractivity contribution in [1.82, 2.24) is 0 Å². The minimum absolute atomic E-state index is 0.0600. The van der Waals surface area contributed by atoms with Gasteiger partial charge in [-0.15, -0.1) is 0 Å². The van der Waals surface area contributed by atoms with Crippen LogP contribution in [0.5, 0.6) is 0 Å². The van der Waals surface area contributed by atoms with Crippen LogP contribution in [0.3, 0.4) is 0 Å². The van der Waals surface area contributed by atoms with E-state index in [-0.39, 0.29) is 32.9 Å². The van der Waals surface area contributed by atoms with Gasteiger partial charge in [-0.05, 0) is 170 Å². The molecule has 0 bridgehead atoms. The van der Waals surface area contributed by atoms with Crippen LogP contribution in [0.4, 0.5) is 0 Å². The van der Waals surface area contributed by atoms with Gasteiger partial charge in [-0.25, -0.2) is 0 Å². The van der Waals surface area contributed by atoms with Crippen LogP contribution < -0.4 is 34.2 Å². The van der Waals surface area contributed by atoms with E-state index in [9.17, 15) is 0 Å². The second kappa shape index (κ2) is 48.0. The van der Waals surface area contributed by atoms with Crippen LogP contribution in [0.25, 0.3) is 0 Å². The van der Waals surface area contributed by atoms with Crippen LogP contribution in [0.2, 0.25) is 0 Å². The zero-order valence-corrected chi connectivity index (χ0v) is 69.8. The standard InChI is InChI=1S/2C16H30.2C15H28.C2H6I2.CH3I2.B2I2.BI2/c1-4-9-14-12(2)15-10-7-5-6-8-11-16(15)13(14)3;1-4-9-14-12(2)13(3)15-10-7-5-6-8-11-16(14)15;1-4-8-13-11(2)14-9-6-5-7-10-15(14)12(13)3;1-4-8-13-11(2)12(3)14-9-6-5-7-10-15(13)14;1-4(2)3;1-3-2;1-4(2)3;1-3-2/h2*12-16H,4-11H2,1-3H3;2*11-15H,4-10H2,1-3H3;1-2H3;1H3;;/q;;;;;-1;;-1. The summed E-state index contributed by atoms with van der Waals surface area (Å²) in [6, 6.07) is 0. The molecule has 76 heavy (non-hydrogen) atoms. The van der Waals surface area contributed by atoms with E-state index in [0.29, 0.717) is 17.2 Å². The number of halogens is 8. The first-order chi connectivity index (χ1) is 36.3. The van der Waals surface area contributed by atoms with Crippen molar-refractivity contribution in [2.24, 2.45) is 118 Å². The summed E-state index contributed by atoms with van der Waals surface area (Å²) in [6.45, 7) is 29.8. The van der Waals surface area contributed by atoms with Gasteiger partial charge in [0.25, 0.3) is 0 Å². The second-order valence-electron chi connectivity index (χ2n) is 26.4. The van der Waals surface area contributed by atoms with E-state index < -0.39 is 15.4 Å². The van der Waals surface area contributed by atoms with Gasteiger partial charge >= 0.3 is 172 Å². The molecule has 8 saturated carbocycles. The average Bonchev–Trinajstić information content (AvgIpc) is 3.66. The van der Waals surface area contributed by atoms with Crippen molar-refractivity contribution in [2.45, 2.75) is 276 Å². The molecule has 452 valence electrons. The first-order valence-corrected chi connectivity index (χ1v) is 67.7. The van der Waals surface area contributed by atoms with Gasteiger partial charge in [0.2, 0.25) is 0 Å². The molecule has 0 nitrogen and oxygen atoms in total. The fraction of sp³-hybridized carbons (Fsp3) is 1.00. The minimum atomic E-state index is -1.29. The molecule has 18 atom stereocenters.